The minimum absolute atomic E-state index is 0.0203. The highest BCUT2D eigenvalue weighted by Gasteiger charge is 2.31. The predicted octanol–water partition coefficient (Wildman–Crippen LogP) is 5.49. The monoisotopic (exact) mass is 505 g/mol. The maximum Gasteiger partial charge on any atom is 0.416 e. The van der Waals surface area contributed by atoms with E-state index in [-0.39, 0.29) is 10.7 Å². The van der Waals surface area contributed by atoms with Gasteiger partial charge in [-0.2, -0.15) is 23.3 Å². The number of benzene rings is 3. The van der Waals surface area contributed by atoms with Crippen LogP contribution in [0.4, 0.5) is 24.5 Å². The van der Waals surface area contributed by atoms with Crippen molar-refractivity contribution in [1.82, 2.24) is 0 Å². The third-order valence-electron chi connectivity index (χ3n) is 4.48. The van der Waals surface area contributed by atoms with Gasteiger partial charge in [-0.15, -0.1) is 0 Å². The van der Waals surface area contributed by atoms with E-state index in [4.69, 9.17) is 16.3 Å². The zero-order valence-corrected chi connectivity index (χ0v) is 18.4. The fraction of sp³-hybridized carbons (Fsp3) is 0.0870. The summed E-state index contributed by atoms with van der Waals surface area (Å²) in [4.78, 5) is 35.6. The Hall–Kier alpha value is -4.25. The summed E-state index contributed by atoms with van der Waals surface area (Å²) in [6.07, 6.45) is -3.44. The second-order valence-corrected chi connectivity index (χ2v) is 7.34. The molecule has 0 unspecified atom stereocenters. The number of ether oxygens (including phenoxy) is 1. The van der Waals surface area contributed by atoms with Gasteiger partial charge in [0.15, 0.2) is 6.61 Å². The third-order valence-corrected chi connectivity index (χ3v) is 4.71. The first kappa shape index (κ1) is 25.4. The summed E-state index contributed by atoms with van der Waals surface area (Å²) in [5.41, 5.74) is -1.79. The molecular formula is C23H15ClF3N3O5. The number of carbonyl (C=O) groups is 2. The lowest BCUT2D eigenvalue weighted by Crippen LogP contribution is -2.31. The molecule has 0 aromatic heterocycles. The summed E-state index contributed by atoms with van der Waals surface area (Å²) in [6.45, 7) is -0.967. The first-order valence-electron chi connectivity index (χ1n) is 9.76. The molecule has 0 fully saturated rings. The normalized spacial score (nSPS) is 11.3. The van der Waals surface area contributed by atoms with Crippen molar-refractivity contribution in [3.63, 3.8) is 0 Å². The number of rotatable bonds is 7. The summed E-state index contributed by atoms with van der Waals surface area (Å²) in [7, 11) is 0. The quantitative estimate of drug-likeness (QED) is 0.183. The average molecular weight is 506 g/mol. The van der Waals surface area contributed by atoms with Crippen molar-refractivity contribution in [1.29, 1.82) is 0 Å². The van der Waals surface area contributed by atoms with Crippen molar-refractivity contribution in [2.75, 3.05) is 11.6 Å². The van der Waals surface area contributed by atoms with Gasteiger partial charge < -0.3 is 4.74 Å². The maximum atomic E-state index is 13.2. The third kappa shape index (κ3) is 6.64. The standard InChI is InChI=1S/C23H15ClF3N3O5/c24-17-9-10-20(30(33)34)19(12-17)22(32)35-14-21(31)29(28-13-15-5-2-1-3-6-15)18-8-4-7-16(11-18)23(25,26)27/h1-13H,14H2/b28-13+. The number of hydrazone groups is 1. The van der Waals surface area contributed by atoms with Crippen molar-refractivity contribution in [3.8, 4) is 0 Å². The molecule has 3 aromatic carbocycles. The van der Waals surface area contributed by atoms with E-state index in [0.29, 0.717) is 16.6 Å². The lowest BCUT2D eigenvalue weighted by molar-refractivity contribution is -0.385. The SMILES string of the molecule is O=C(OCC(=O)N(/N=C/c1ccccc1)c1cccc(C(F)(F)F)c1)c1cc(Cl)ccc1[N+](=O)[O-]. The molecule has 0 atom stereocenters. The molecule has 3 aromatic rings. The van der Waals surface area contributed by atoms with Crippen molar-refractivity contribution < 1.29 is 32.4 Å². The van der Waals surface area contributed by atoms with Crippen LogP contribution in [0.1, 0.15) is 21.5 Å². The lowest BCUT2D eigenvalue weighted by Gasteiger charge is -2.18. The van der Waals surface area contributed by atoms with Gasteiger partial charge in [-0.1, -0.05) is 48.0 Å². The minimum Gasteiger partial charge on any atom is -0.452 e. The first-order valence-corrected chi connectivity index (χ1v) is 10.1. The number of carbonyl (C=O) groups excluding carboxylic acids is 2. The molecule has 0 spiro atoms. The first-order chi connectivity index (χ1) is 16.6. The van der Waals surface area contributed by atoms with E-state index in [1.54, 1.807) is 30.3 Å². The van der Waals surface area contributed by atoms with Gasteiger partial charge in [0.25, 0.3) is 11.6 Å². The molecule has 0 saturated heterocycles. The Morgan fingerprint density at radius 1 is 1.06 bits per heavy atom. The molecule has 1 amide bonds. The highest BCUT2D eigenvalue weighted by molar-refractivity contribution is 6.31. The van der Waals surface area contributed by atoms with E-state index >= 15 is 0 Å². The average Bonchev–Trinajstić information content (AvgIpc) is 2.82. The molecule has 0 aliphatic rings. The zero-order chi connectivity index (χ0) is 25.6. The largest absolute Gasteiger partial charge is 0.452 e. The topological polar surface area (TPSA) is 102 Å². The number of esters is 1. The van der Waals surface area contributed by atoms with Crippen LogP contribution >= 0.6 is 11.6 Å². The Bertz CT molecular complexity index is 1280. The van der Waals surface area contributed by atoms with Crippen molar-refractivity contribution >= 4 is 41.1 Å². The summed E-state index contributed by atoms with van der Waals surface area (Å²) >= 11 is 5.79. The van der Waals surface area contributed by atoms with E-state index in [1.807, 2.05) is 0 Å². The molecule has 0 aliphatic carbocycles. The molecule has 180 valence electrons. The number of nitrogens with zero attached hydrogens (tertiary/aromatic N) is 3. The van der Waals surface area contributed by atoms with Gasteiger partial charge in [0.1, 0.15) is 5.56 Å². The van der Waals surface area contributed by atoms with Crippen molar-refractivity contribution in [3.05, 3.63) is 105 Å². The smallest absolute Gasteiger partial charge is 0.416 e. The Morgan fingerprint density at radius 3 is 2.43 bits per heavy atom. The molecule has 0 aliphatic heterocycles. The number of halogens is 4. The molecule has 0 heterocycles. The molecular weight excluding hydrogens is 491 g/mol. The van der Waals surface area contributed by atoms with Gasteiger partial charge in [-0.25, -0.2) is 4.79 Å². The van der Waals surface area contributed by atoms with E-state index in [9.17, 15) is 32.9 Å². The number of nitro groups is 1. The summed E-state index contributed by atoms with van der Waals surface area (Å²) < 4.78 is 44.4. The molecule has 8 nitrogen and oxygen atoms in total. The molecule has 0 radical (unpaired) electrons. The fourth-order valence-electron chi connectivity index (χ4n) is 2.85. The molecule has 0 saturated carbocycles. The molecule has 0 N–H and O–H groups in total. The van der Waals surface area contributed by atoms with E-state index < -0.39 is 46.4 Å². The second kappa shape index (κ2) is 10.8. The van der Waals surface area contributed by atoms with Crippen molar-refractivity contribution in [2.45, 2.75) is 6.18 Å². The van der Waals surface area contributed by atoms with Crippen LogP contribution < -0.4 is 5.01 Å². The van der Waals surface area contributed by atoms with E-state index in [1.165, 1.54) is 18.3 Å². The van der Waals surface area contributed by atoms with Gasteiger partial charge in [-0.3, -0.25) is 14.9 Å². The zero-order valence-electron chi connectivity index (χ0n) is 17.6. The van der Waals surface area contributed by atoms with Crippen molar-refractivity contribution in [2.24, 2.45) is 5.10 Å². The Kier molecular flexibility index (Phi) is 7.82. The molecule has 0 bridgehead atoms. The number of nitro benzene ring substituents is 1. The Morgan fingerprint density at radius 2 is 1.77 bits per heavy atom. The van der Waals surface area contributed by atoms with E-state index in [0.717, 1.165) is 24.3 Å². The van der Waals surface area contributed by atoms with Crippen LogP contribution in [0.5, 0.6) is 0 Å². The lowest BCUT2D eigenvalue weighted by atomic mass is 10.2. The van der Waals surface area contributed by atoms with Crippen LogP contribution in [-0.2, 0) is 15.7 Å². The van der Waals surface area contributed by atoms with Crippen LogP contribution in [0.15, 0.2) is 77.9 Å². The van der Waals surface area contributed by atoms with Gasteiger partial charge >= 0.3 is 12.1 Å². The van der Waals surface area contributed by atoms with Gasteiger partial charge in [0.2, 0.25) is 0 Å². The number of hydrogen-bond donors (Lipinski definition) is 0. The van der Waals surface area contributed by atoms with Crippen LogP contribution in [0.3, 0.4) is 0 Å². The summed E-state index contributed by atoms with van der Waals surface area (Å²) in [6, 6.07) is 15.5. The molecule has 12 heteroatoms. The van der Waals surface area contributed by atoms with Crippen LogP contribution in [0.25, 0.3) is 0 Å². The summed E-state index contributed by atoms with van der Waals surface area (Å²) in [5, 5.41) is 15.8. The molecule has 3 rings (SSSR count). The van der Waals surface area contributed by atoms with E-state index in [2.05, 4.69) is 5.10 Å². The van der Waals surface area contributed by atoms with Crippen LogP contribution in [-0.4, -0.2) is 29.6 Å². The second-order valence-electron chi connectivity index (χ2n) is 6.90. The maximum absolute atomic E-state index is 13.2. The highest BCUT2D eigenvalue weighted by Crippen LogP contribution is 2.32. The molecule has 35 heavy (non-hydrogen) atoms. The highest BCUT2D eigenvalue weighted by atomic mass is 35.5. The van der Waals surface area contributed by atoms with Crippen LogP contribution in [0.2, 0.25) is 5.02 Å². The minimum atomic E-state index is -4.67. The number of anilines is 1. The van der Waals surface area contributed by atoms with Gasteiger partial charge in [0, 0.05) is 11.1 Å². The van der Waals surface area contributed by atoms with Gasteiger partial charge in [0.05, 0.1) is 22.4 Å². The summed E-state index contributed by atoms with van der Waals surface area (Å²) in [5.74, 6) is -2.22. The number of amides is 1. The Labute approximate surface area is 201 Å². The van der Waals surface area contributed by atoms with Gasteiger partial charge in [-0.05, 0) is 35.9 Å². The van der Waals surface area contributed by atoms with Crippen LogP contribution in [0, 0.1) is 10.1 Å². The number of alkyl halides is 3. The number of hydrogen-bond acceptors (Lipinski definition) is 6. The Balaban J connectivity index is 1.88. The fourth-order valence-corrected chi connectivity index (χ4v) is 3.02. The predicted molar refractivity (Wildman–Crippen MR) is 121 cm³/mol.